The minimum atomic E-state index is 0.249. The number of hydrazone groups is 1. The lowest BCUT2D eigenvalue weighted by Gasteiger charge is -2.08. The number of aromatic nitrogens is 3. The summed E-state index contributed by atoms with van der Waals surface area (Å²) in [5, 5.41) is 10.5. The summed E-state index contributed by atoms with van der Waals surface area (Å²) in [4.78, 5) is 12.9. The molecule has 0 amide bonds. The van der Waals surface area contributed by atoms with E-state index in [-0.39, 0.29) is 6.79 Å². The van der Waals surface area contributed by atoms with Crippen LogP contribution in [0.25, 0.3) is 0 Å². The average Bonchev–Trinajstić information content (AvgIpc) is 3.08. The molecule has 25 heavy (non-hydrogen) atoms. The number of nitrogens with zero attached hydrogens (tertiary/aromatic N) is 4. The minimum absolute atomic E-state index is 0.249. The second-order valence-corrected chi connectivity index (χ2v) is 5.24. The first kappa shape index (κ1) is 16.7. The molecule has 0 saturated heterocycles. The van der Waals surface area contributed by atoms with Crippen LogP contribution < -0.4 is 25.5 Å². The van der Waals surface area contributed by atoms with Gasteiger partial charge in [0, 0.05) is 18.7 Å². The second kappa shape index (κ2) is 7.65. The summed E-state index contributed by atoms with van der Waals surface area (Å²) < 4.78 is 10.7. The fourth-order valence-corrected chi connectivity index (χ4v) is 2.22. The Kier molecular flexibility index (Phi) is 5.12. The fourth-order valence-electron chi connectivity index (χ4n) is 2.22. The summed E-state index contributed by atoms with van der Waals surface area (Å²) in [7, 11) is 0. The van der Waals surface area contributed by atoms with Crippen molar-refractivity contribution in [2.24, 2.45) is 5.10 Å². The summed E-state index contributed by atoms with van der Waals surface area (Å²) >= 11 is 0. The van der Waals surface area contributed by atoms with Crippen molar-refractivity contribution in [1.82, 2.24) is 15.0 Å². The normalized spacial score (nSPS) is 12.8. The van der Waals surface area contributed by atoms with Gasteiger partial charge in [0.05, 0.1) is 5.71 Å². The molecule has 9 heteroatoms. The van der Waals surface area contributed by atoms with Crippen LogP contribution in [0.4, 0.5) is 17.8 Å². The van der Waals surface area contributed by atoms with Gasteiger partial charge in [-0.3, -0.25) is 0 Å². The SMILES string of the molecule is CCNc1nc(NCC)nc(N/N=C(\C)c2ccc3c(c2)OCO3)n1. The zero-order valence-corrected chi connectivity index (χ0v) is 14.5. The van der Waals surface area contributed by atoms with Crippen molar-refractivity contribution in [3.05, 3.63) is 23.8 Å². The number of fused-ring (bicyclic) bond motifs is 1. The Morgan fingerprint density at radius 3 is 2.32 bits per heavy atom. The van der Waals surface area contributed by atoms with E-state index in [1.165, 1.54) is 0 Å². The maximum absolute atomic E-state index is 5.39. The summed E-state index contributed by atoms with van der Waals surface area (Å²) in [6, 6.07) is 5.69. The number of ether oxygens (including phenoxy) is 2. The Balaban J connectivity index is 1.78. The fraction of sp³-hybridized carbons (Fsp3) is 0.375. The Labute approximate surface area is 145 Å². The van der Waals surface area contributed by atoms with Crippen LogP contribution in [0.1, 0.15) is 26.3 Å². The van der Waals surface area contributed by atoms with E-state index in [0.29, 0.717) is 30.9 Å². The van der Waals surface area contributed by atoms with Crippen LogP contribution in [0.5, 0.6) is 11.5 Å². The van der Waals surface area contributed by atoms with E-state index in [4.69, 9.17) is 9.47 Å². The zero-order valence-electron chi connectivity index (χ0n) is 14.5. The molecule has 1 aliphatic rings. The molecule has 1 aromatic heterocycles. The quantitative estimate of drug-likeness (QED) is 0.519. The number of rotatable bonds is 7. The number of anilines is 3. The Hall–Kier alpha value is -3.10. The van der Waals surface area contributed by atoms with Gasteiger partial charge in [0.15, 0.2) is 11.5 Å². The summed E-state index contributed by atoms with van der Waals surface area (Å²) in [5.41, 5.74) is 4.57. The number of hydrogen-bond acceptors (Lipinski definition) is 9. The van der Waals surface area contributed by atoms with Crippen LogP contribution in [-0.2, 0) is 0 Å². The molecule has 9 nitrogen and oxygen atoms in total. The topological polar surface area (TPSA) is 106 Å². The van der Waals surface area contributed by atoms with Gasteiger partial charge in [0.25, 0.3) is 0 Å². The highest BCUT2D eigenvalue weighted by atomic mass is 16.7. The van der Waals surface area contributed by atoms with Crippen molar-refractivity contribution < 1.29 is 9.47 Å². The third-order valence-electron chi connectivity index (χ3n) is 3.42. The summed E-state index contributed by atoms with van der Waals surface area (Å²) in [6.07, 6.45) is 0. The molecule has 0 aliphatic carbocycles. The van der Waals surface area contributed by atoms with Crippen LogP contribution in [0.3, 0.4) is 0 Å². The van der Waals surface area contributed by atoms with E-state index in [0.717, 1.165) is 22.8 Å². The molecular formula is C16H21N7O2. The van der Waals surface area contributed by atoms with Crippen molar-refractivity contribution in [2.75, 3.05) is 35.9 Å². The van der Waals surface area contributed by atoms with Crippen LogP contribution >= 0.6 is 0 Å². The molecule has 0 fully saturated rings. The van der Waals surface area contributed by atoms with Gasteiger partial charge < -0.3 is 20.1 Å². The first-order valence-corrected chi connectivity index (χ1v) is 8.13. The van der Waals surface area contributed by atoms with Gasteiger partial charge in [-0.1, -0.05) is 0 Å². The van der Waals surface area contributed by atoms with Crippen LogP contribution in [0, 0.1) is 0 Å². The van der Waals surface area contributed by atoms with Crippen LogP contribution in [0.2, 0.25) is 0 Å². The van der Waals surface area contributed by atoms with Gasteiger partial charge in [0.1, 0.15) is 0 Å². The Morgan fingerprint density at radius 2 is 1.64 bits per heavy atom. The predicted molar refractivity (Wildman–Crippen MR) is 96.6 cm³/mol. The van der Waals surface area contributed by atoms with E-state index < -0.39 is 0 Å². The van der Waals surface area contributed by atoms with Gasteiger partial charge in [-0.05, 0) is 39.0 Å². The van der Waals surface area contributed by atoms with E-state index >= 15 is 0 Å². The standard InChI is InChI=1S/C16H21N7O2/c1-4-17-14-19-15(18-5-2)21-16(20-14)23-22-10(3)11-6-7-12-13(8-11)25-9-24-12/h6-8H,4-5,9H2,1-3H3,(H3,17,18,19,20,21,23)/b22-10+. The predicted octanol–water partition coefficient (Wildman–Crippen LogP) is 2.30. The van der Waals surface area contributed by atoms with E-state index in [1.807, 2.05) is 39.0 Å². The molecular weight excluding hydrogens is 322 g/mol. The maximum atomic E-state index is 5.39. The Bertz CT molecular complexity index is 755. The lowest BCUT2D eigenvalue weighted by molar-refractivity contribution is 0.174. The monoisotopic (exact) mass is 343 g/mol. The third-order valence-corrected chi connectivity index (χ3v) is 3.42. The van der Waals surface area contributed by atoms with Crippen molar-refractivity contribution in [3.8, 4) is 11.5 Å². The van der Waals surface area contributed by atoms with Gasteiger partial charge in [-0.2, -0.15) is 20.1 Å². The summed E-state index contributed by atoms with van der Waals surface area (Å²) in [5.74, 6) is 2.81. The van der Waals surface area contributed by atoms with Crippen LogP contribution in [-0.4, -0.2) is 40.5 Å². The van der Waals surface area contributed by atoms with Crippen LogP contribution in [0.15, 0.2) is 23.3 Å². The van der Waals surface area contributed by atoms with E-state index in [2.05, 4.69) is 36.1 Å². The highest BCUT2D eigenvalue weighted by molar-refractivity contribution is 5.99. The van der Waals surface area contributed by atoms with Crippen molar-refractivity contribution in [3.63, 3.8) is 0 Å². The van der Waals surface area contributed by atoms with Gasteiger partial charge >= 0.3 is 0 Å². The lowest BCUT2D eigenvalue weighted by Crippen LogP contribution is -2.11. The maximum Gasteiger partial charge on any atom is 0.250 e. The molecule has 3 rings (SSSR count). The van der Waals surface area contributed by atoms with Gasteiger partial charge in [-0.15, -0.1) is 0 Å². The molecule has 0 unspecified atom stereocenters. The van der Waals surface area contributed by atoms with E-state index in [1.54, 1.807) is 0 Å². The zero-order chi connectivity index (χ0) is 17.6. The molecule has 2 aromatic rings. The number of nitrogens with one attached hydrogen (secondary N) is 3. The highest BCUT2D eigenvalue weighted by Gasteiger charge is 2.14. The highest BCUT2D eigenvalue weighted by Crippen LogP contribution is 2.32. The molecule has 1 aromatic carbocycles. The lowest BCUT2D eigenvalue weighted by atomic mass is 10.1. The molecule has 0 atom stereocenters. The smallest absolute Gasteiger partial charge is 0.250 e. The molecule has 0 saturated carbocycles. The molecule has 0 radical (unpaired) electrons. The van der Waals surface area contributed by atoms with Gasteiger partial charge in [-0.25, -0.2) is 5.43 Å². The van der Waals surface area contributed by atoms with Crippen molar-refractivity contribution in [1.29, 1.82) is 0 Å². The first-order chi connectivity index (χ1) is 12.2. The number of hydrogen-bond donors (Lipinski definition) is 3. The van der Waals surface area contributed by atoms with Gasteiger partial charge in [0.2, 0.25) is 24.6 Å². The molecule has 0 bridgehead atoms. The van der Waals surface area contributed by atoms with E-state index in [9.17, 15) is 0 Å². The second-order valence-electron chi connectivity index (χ2n) is 5.24. The molecule has 2 heterocycles. The first-order valence-electron chi connectivity index (χ1n) is 8.13. The van der Waals surface area contributed by atoms with Crippen molar-refractivity contribution in [2.45, 2.75) is 20.8 Å². The number of benzene rings is 1. The van der Waals surface area contributed by atoms with Crippen molar-refractivity contribution >= 4 is 23.6 Å². The summed E-state index contributed by atoms with van der Waals surface area (Å²) in [6.45, 7) is 7.53. The third kappa shape index (κ3) is 4.06. The largest absolute Gasteiger partial charge is 0.454 e. The molecule has 3 N–H and O–H groups in total. The Morgan fingerprint density at radius 1 is 1.00 bits per heavy atom. The minimum Gasteiger partial charge on any atom is -0.454 e. The average molecular weight is 343 g/mol. The molecule has 0 spiro atoms. The molecule has 1 aliphatic heterocycles. The molecule has 132 valence electrons.